The highest BCUT2D eigenvalue weighted by atomic mass is 32.2. The number of alkyl halides is 2. The smallest absolute Gasteiger partial charge is 0.341 e. The quantitative estimate of drug-likeness (QED) is 0.768. The van der Waals surface area contributed by atoms with Gasteiger partial charge in [0.2, 0.25) is 15.7 Å². The van der Waals surface area contributed by atoms with Crippen molar-refractivity contribution in [3.63, 3.8) is 0 Å². The Morgan fingerprint density at radius 2 is 2.04 bits per heavy atom. The van der Waals surface area contributed by atoms with Crippen molar-refractivity contribution in [1.29, 1.82) is 0 Å². The molecule has 1 aromatic heterocycles. The van der Waals surface area contributed by atoms with Crippen molar-refractivity contribution in [1.82, 2.24) is 14.9 Å². The summed E-state index contributed by atoms with van der Waals surface area (Å²) in [6.45, 7) is 0.570. The molecule has 2 aromatic rings. The summed E-state index contributed by atoms with van der Waals surface area (Å²) < 4.78 is 55.4. The van der Waals surface area contributed by atoms with Crippen molar-refractivity contribution in [2.75, 3.05) is 13.1 Å². The first-order valence-corrected chi connectivity index (χ1v) is 9.77. The molecule has 2 heterocycles. The van der Waals surface area contributed by atoms with E-state index in [-0.39, 0.29) is 18.2 Å². The predicted molar refractivity (Wildman–Crippen MR) is 91.2 cm³/mol. The Bertz CT molecular complexity index is 909. The number of likely N-dealkylation sites (tertiary alicyclic amines) is 1. The lowest BCUT2D eigenvalue weighted by atomic mass is 10.1. The van der Waals surface area contributed by atoms with Gasteiger partial charge in [0.25, 0.3) is 5.91 Å². The number of carbonyl (C=O) groups excluding carboxylic acids is 1. The predicted octanol–water partition coefficient (Wildman–Crippen LogP) is 2.16. The third-order valence-corrected chi connectivity index (χ3v) is 5.59. The minimum absolute atomic E-state index is 0.193. The first-order chi connectivity index (χ1) is 12.9. The van der Waals surface area contributed by atoms with Crippen LogP contribution in [0.5, 0.6) is 5.88 Å². The molecule has 0 radical (unpaired) electrons. The van der Waals surface area contributed by atoms with Crippen LogP contribution in [-0.4, -0.2) is 54.1 Å². The van der Waals surface area contributed by atoms with E-state index in [0.29, 0.717) is 25.3 Å². The molecule has 1 unspecified atom stereocenters. The molecule has 1 aromatic carbocycles. The number of ether oxygens (including phenoxy) is 1. The minimum atomic E-state index is -4.88. The van der Waals surface area contributed by atoms with Crippen LogP contribution in [0.3, 0.4) is 0 Å². The van der Waals surface area contributed by atoms with Crippen molar-refractivity contribution in [3.05, 3.63) is 48.4 Å². The molecule has 0 saturated carbocycles. The van der Waals surface area contributed by atoms with Gasteiger partial charge in [0, 0.05) is 18.9 Å². The fourth-order valence-electron chi connectivity index (χ4n) is 2.89. The van der Waals surface area contributed by atoms with Crippen LogP contribution in [0.1, 0.15) is 23.2 Å². The second kappa shape index (κ2) is 7.95. The van der Waals surface area contributed by atoms with E-state index >= 15 is 0 Å². The molecule has 1 atom stereocenters. The maximum atomic E-state index is 12.9. The van der Waals surface area contributed by atoms with Gasteiger partial charge in [-0.05, 0) is 25.0 Å². The van der Waals surface area contributed by atoms with E-state index in [2.05, 4.69) is 9.97 Å². The SMILES string of the molecule is O=C(c1ccccc1S(=O)(=O)C(F)F)N1CCCC(Oc2cnccn2)C1. The molecule has 0 bridgehead atoms. The average Bonchev–Trinajstić information content (AvgIpc) is 2.68. The Morgan fingerprint density at radius 1 is 1.26 bits per heavy atom. The maximum absolute atomic E-state index is 12.9. The Labute approximate surface area is 154 Å². The Hall–Kier alpha value is -2.62. The van der Waals surface area contributed by atoms with Crippen molar-refractivity contribution in [2.45, 2.75) is 29.6 Å². The second-order valence-corrected chi connectivity index (χ2v) is 7.86. The Morgan fingerprint density at radius 3 is 2.74 bits per heavy atom. The normalized spacial score (nSPS) is 17.7. The van der Waals surface area contributed by atoms with E-state index in [1.165, 1.54) is 41.7 Å². The van der Waals surface area contributed by atoms with Gasteiger partial charge in [0.1, 0.15) is 6.10 Å². The van der Waals surface area contributed by atoms with E-state index < -0.39 is 26.4 Å². The van der Waals surface area contributed by atoms with E-state index in [4.69, 9.17) is 4.74 Å². The van der Waals surface area contributed by atoms with E-state index in [1.54, 1.807) is 0 Å². The summed E-state index contributed by atoms with van der Waals surface area (Å²) in [6.07, 6.45) is 5.39. The fourth-order valence-corrected chi connectivity index (χ4v) is 3.82. The molecule has 27 heavy (non-hydrogen) atoms. The highest BCUT2D eigenvalue weighted by Crippen LogP contribution is 2.25. The first-order valence-electron chi connectivity index (χ1n) is 8.22. The van der Waals surface area contributed by atoms with Crippen molar-refractivity contribution in [3.8, 4) is 5.88 Å². The molecule has 144 valence electrons. The number of benzene rings is 1. The maximum Gasteiger partial charge on any atom is 0.341 e. The monoisotopic (exact) mass is 397 g/mol. The van der Waals surface area contributed by atoms with Crippen LogP contribution in [0, 0.1) is 0 Å². The van der Waals surface area contributed by atoms with Gasteiger partial charge in [0.15, 0.2) is 0 Å². The Balaban J connectivity index is 1.80. The molecule has 1 aliphatic heterocycles. The summed E-state index contributed by atoms with van der Waals surface area (Å²) in [6, 6.07) is 5.01. The zero-order valence-corrected chi connectivity index (χ0v) is 15.0. The number of hydrogen-bond acceptors (Lipinski definition) is 6. The second-order valence-electron chi connectivity index (χ2n) is 5.98. The molecule has 10 heteroatoms. The number of carbonyl (C=O) groups is 1. The molecule has 3 rings (SSSR count). The number of aromatic nitrogens is 2. The number of rotatable bonds is 5. The highest BCUT2D eigenvalue weighted by Gasteiger charge is 2.33. The largest absolute Gasteiger partial charge is 0.471 e. The summed E-state index contributed by atoms with van der Waals surface area (Å²) in [5, 5.41) is 0. The van der Waals surface area contributed by atoms with Gasteiger partial charge >= 0.3 is 5.76 Å². The number of sulfone groups is 1. The van der Waals surface area contributed by atoms with Gasteiger partial charge in [-0.3, -0.25) is 9.78 Å². The summed E-state index contributed by atoms with van der Waals surface area (Å²) in [5.41, 5.74) is -0.266. The van der Waals surface area contributed by atoms with Gasteiger partial charge in [-0.15, -0.1) is 0 Å². The molecule has 1 aliphatic rings. The van der Waals surface area contributed by atoms with Gasteiger partial charge < -0.3 is 9.64 Å². The summed E-state index contributed by atoms with van der Waals surface area (Å²) in [5.74, 6) is -3.90. The molecule has 1 amide bonds. The van der Waals surface area contributed by atoms with E-state index in [0.717, 1.165) is 6.07 Å². The zero-order valence-electron chi connectivity index (χ0n) is 14.2. The molecule has 7 nitrogen and oxygen atoms in total. The Kier molecular flexibility index (Phi) is 5.64. The molecule has 0 spiro atoms. The van der Waals surface area contributed by atoms with Crippen LogP contribution in [0.2, 0.25) is 0 Å². The highest BCUT2D eigenvalue weighted by molar-refractivity contribution is 7.91. The van der Waals surface area contributed by atoms with Gasteiger partial charge in [-0.1, -0.05) is 12.1 Å². The van der Waals surface area contributed by atoms with Crippen molar-refractivity contribution < 1.29 is 26.7 Å². The molecule has 0 aliphatic carbocycles. The lowest BCUT2D eigenvalue weighted by Gasteiger charge is -2.33. The third-order valence-electron chi connectivity index (χ3n) is 4.15. The first kappa shape index (κ1) is 19.2. The topological polar surface area (TPSA) is 89.5 Å². The summed E-state index contributed by atoms with van der Waals surface area (Å²) in [4.78, 5) is 21.5. The lowest BCUT2D eigenvalue weighted by molar-refractivity contribution is 0.0523. The summed E-state index contributed by atoms with van der Waals surface area (Å²) >= 11 is 0. The average molecular weight is 397 g/mol. The van der Waals surface area contributed by atoms with Crippen molar-refractivity contribution >= 4 is 15.7 Å². The van der Waals surface area contributed by atoms with E-state index in [1.807, 2.05) is 0 Å². The molecule has 1 fully saturated rings. The number of piperidine rings is 1. The molecule has 0 N–H and O–H groups in total. The fraction of sp³-hybridized carbons (Fsp3) is 0.353. The van der Waals surface area contributed by atoms with Gasteiger partial charge in [-0.2, -0.15) is 8.78 Å². The van der Waals surface area contributed by atoms with Crippen molar-refractivity contribution in [2.24, 2.45) is 0 Å². The van der Waals surface area contributed by atoms with E-state index in [9.17, 15) is 22.0 Å². The third kappa shape index (κ3) is 4.21. The number of amides is 1. The molecule has 1 saturated heterocycles. The lowest BCUT2D eigenvalue weighted by Crippen LogP contribution is -2.44. The van der Waals surface area contributed by atoms with Gasteiger partial charge in [0.05, 0.1) is 23.2 Å². The van der Waals surface area contributed by atoms with Crippen LogP contribution in [0.4, 0.5) is 8.78 Å². The number of halogens is 2. The van der Waals surface area contributed by atoms with Crippen LogP contribution in [0.15, 0.2) is 47.8 Å². The number of nitrogens with zero attached hydrogens (tertiary/aromatic N) is 3. The summed E-state index contributed by atoms with van der Waals surface area (Å²) in [7, 11) is -4.88. The van der Waals surface area contributed by atoms with Crippen LogP contribution >= 0.6 is 0 Å². The van der Waals surface area contributed by atoms with Gasteiger partial charge in [-0.25, -0.2) is 13.4 Å². The minimum Gasteiger partial charge on any atom is -0.471 e. The molecular weight excluding hydrogens is 380 g/mol. The number of hydrogen-bond donors (Lipinski definition) is 0. The zero-order chi connectivity index (χ0) is 19.4. The standard InChI is InChI=1S/C17H17F2N3O4S/c18-17(19)27(24,25)14-6-2-1-5-13(14)16(23)22-9-3-4-12(11-22)26-15-10-20-7-8-21-15/h1-2,5-8,10,12,17H,3-4,9,11H2. The van der Waals surface area contributed by atoms with Crippen LogP contribution < -0.4 is 4.74 Å². The molecular formula is C17H17F2N3O4S. The van der Waals surface area contributed by atoms with Crippen LogP contribution in [0.25, 0.3) is 0 Å². The van der Waals surface area contributed by atoms with Crippen LogP contribution in [-0.2, 0) is 9.84 Å².